The highest BCUT2D eigenvalue weighted by atomic mass is 16.3. The van der Waals surface area contributed by atoms with Crippen molar-refractivity contribution in [1.82, 2.24) is 24.5 Å². The lowest BCUT2D eigenvalue weighted by molar-refractivity contribution is 0.667. The fourth-order valence-corrected chi connectivity index (χ4v) is 7.02. The van der Waals surface area contributed by atoms with Crippen molar-refractivity contribution in [2.75, 3.05) is 0 Å². The van der Waals surface area contributed by atoms with E-state index in [1.54, 1.807) is 6.20 Å². The summed E-state index contributed by atoms with van der Waals surface area (Å²) in [5, 5.41) is 4.32. The first-order valence-electron chi connectivity index (χ1n) is 16.5. The van der Waals surface area contributed by atoms with E-state index in [1.165, 1.54) is 21.8 Å². The number of pyridine rings is 1. The summed E-state index contributed by atoms with van der Waals surface area (Å²) in [6.07, 6.45) is 3.59. The zero-order valence-corrected chi connectivity index (χ0v) is 26.7. The fourth-order valence-electron chi connectivity index (χ4n) is 7.02. The largest absolute Gasteiger partial charge is 0.454 e. The Balaban J connectivity index is 1.16. The molecule has 0 amide bonds. The van der Waals surface area contributed by atoms with Crippen molar-refractivity contribution >= 4 is 43.7 Å². The molecule has 0 aliphatic carbocycles. The average molecular weight is 642 g/mol. The molecule has 0 saturated heterocycles. The third-order valence-electron chi connectivity index (χ3n) is 9.34. The van der Waals surface area contributed by atoms with Crippen molar-refractivity contribution in [3.8, 4) is 51.0 Å². The van der Waals surface area contributed by atoms with Crippen molar-refractivity contribution in [3.05, 3.63) is 164 Å². The first kappa shape index (κ1) is 28.1. The van der Waals surface area contributed by atoms with E-state index in [2.05, 4.69) is 94.5 Å². The number of hydrogen-bond acceptors (Lipinski definition) is 5. The van der Waals surface area contributed by atoms with Gasteiger partial charge in [0.15, 0.2) is 23.1 Å². The predicted octanol–water partition coefficient (Wildman–Crippen LogP) is 10.9. The molecular formula is C44H27N5O. The maximum atomic E-state index is 6.38. The molecule has 0 spiro atoms. The second-order valence-electron chi connectivity index (χ2n) is 12.3. The monoisotopic (exact) mass is 641 g/mol. The lowest BCUT2D eigenvalue weighted by Gasteiger charge is -2.09. The third kappa shape index (κ3) is 4.58. The van der Waals surface area contributed by atoms with E-state index < -0.39 is 0 Å². The molecular weight excluding hydrogens is 615 g/mol. The van der Waals surface area contributed by atoms with Gasteiger partial charge in [0.25, 0.3) is 0 Å². The minimum atomic E-state index is 0.541. The third-order valence-corrected chi connectivity index (χ3v) is 9.34. The van der Waals surface area contributed by atoms with Crippen LogP contribution in [0.5, 0.6) is 0 Å². The average Bonchev–Trinajstić information content (AvgIpc) is 3.74. The van der Waals surface area contributed by atoms with Gasteiger partial charge in [0.05, 0.1) is 17.2 Å². The van der Waals surface area contributed by atoms with Gasteiger partial charge in [-0.1, -0.05) is 109 Å². The van der Waals surface area contributed by atoms with Crippen LogP contribution in [0.2, 0.25) is 0 Å². The smallest absolute Gasteiger partial charge is 0.166 e. The molecule has 10 aromatic rings. The van der Waals surface area contributed by atoms with Gasteiger partial charge in [0, 0.05) is 50.1 Å². The summed E-state index contributed by atoms with van der Waals surface area (Å²) < 4.78 is 8.71. The van der Waals surface area contributed by atoms with Crippen LogP contribution in [0.25, 0.3) is 94.7 Å². The molecule has 0 radical (unpaired) electrons. The number of aromatic nitrogens is 5. The molecule has 6 nitrogen and oxygen atoms in total. The highest BCUT2D eigenvalue weighted by Gasteiger charge is 2.19. The summed E-state index contributed by atoms with van der Waals surface area (Å²) in [5.74, 6) is 1.74. The van der Waals surface area contributed by atoms with Crippen LogP contribution >= 0.6 is 0 Å². The summed E-state index contributed by atoms with van der Waals surface area (Å²) in [6.45, 7) is 0. The molecule has 10 rings (SSSR count). The number of rotatable bonds is 5. The van der Waals surface area contributed by atoms with Crippen molar-refractivity contribution < 1.29 is 4.42 Å². The molecule has 0 fully saturated rings. The van der Waals surface area contributed by atoms with E-state index in [1.807, 2.05) is 72.9 Å². The van der Waals surface area contributed by atoms with E-state index in [0.29, 0.717) is 23.1 Å². The molecule has 0 saturated carbocycles. The molecule has 234 valence electrons. The second-order valence-corrected chi connectivity index (χ2v) is 12.3. The zero-order chi connectivity index (χ0) is 33.0. The Bertz CT molecular complexity index is 2800. The second kappa shape index (κ2) is 11.4. The number of benzene rings is 6. The lowest BCUT2D eigenvalue weighted by atomic mass is 9.99. The molecule has 4 aromatic heterocycles. The molecule has 50 heavy (non-hydrogen) atoms. The van der Waals surface area contributed by atoms with Crippen LogP contribution in [0.1, 0.15) is 0 Å². The Morgan fingerprint density at radius 2 is 1.00 bits per heavy atom. The van der Waals surface area contributed by atoms with E-state index >= 15 is 0 Å². The van der Waals surface area contributed by atoms with Crippen LogP contribution < -0.4 is 0 Å². The molecule has 0 unspecified atom stereocenters. The maximum absolute atomic E-state index is 6.38. The summed E-state index contributed by atoms with van der Waals surface area (Å²) in [6, 6.07) is 52.2. The molecule has 0 atom stereocenters. The molecule has 0 N–H and O–H groups in total. The SMILES string of the molecule is c1ccc(-c2nc(-c3ccccc3)nc(-c3cncc4oc5ccc(-c6ccc7c(c6)c6ccccc6n7-c6ccccc6)cc5c34)n2)cc1. The molecule has 0 aliphatic heterocycles. The topological polar surface area (TPSA) is 69.6 Å². The van der Waals surface area contributed by atoms with Gasteiger partial charge in [0.2, 0.25) is 0 Å². The predicted molar refractivity (Wildman–Crippen MR) is 201 cm³/mol. The van der Waals surface area contributed by atoms with Crippen molar-refractivity contribution in [2.24, 2.45) is 0 Å². The Hall–Kier alpha value is -6.92. The maximum Gasteiger partial charge on any atom is 0.166 e. The Labute approximate surface area is 287 Å². The van der Waals surface area contributed by atoms with Crippen LogP contribution in [0, 0.1) is 0 Å². The quantitative estimate of drug-likeness (QED) is 0.187. The summed E-state index contributed by atoms with van der Waals surface area (Å²) in [7, 11) is 0. The van der Waals surface area contributed by atoms with Crippen LogP contribution in [0.4, 0.5) is 0 Å². The number of hydrogen-bond donors (Lipinski definition) is 0. The normalized spacial score (nSPS) is 11.6. The van der Waals surface area contributed by atoms with Crippen LogP contribution in [-0.4, -0.2) is 24.5 Å². The van der Waals surface area contributed by atoms with Gasteiger partial charge < -0.3 is 8.98 Å². The van der Waals surface area contributed by atoms with Crippen molar-refractivity contribution in [3.63, 3.8) is 0 Å². The first-order valence-corrected chi connectivity index (χ1v) is 16.5. The van der Waals surface area contributed by atoms with Crippen molar-refractivity contribution in [2.45, 2.75) is 0 Å². The minimum absolute atomic E-state index is 0.541. The van der Waals surface area contributed by atoms with Gasteiger partial charge in [-0.05, 0) is 53.6 Å². The number of nitrogens with zero attached hydrogens (tertiary/aromatic N) is 5. The van der Waals surface area contributed by atoms with E-state index in [0.717, 1.165) is 49.9 Å². The Kier molecular flexibility index (Phi) is 6.39. The van der Waals surface area contributed by atoms with Gasteiger partial charge in [-0.25, -0.2) is 15.0 Å². The zero-order valence-electron chi connectivity index (χ0n) is 26.7. The summed E-state index contributed by atoms with van der Waals surface area (Å²) in [5.41, 5.74) is 9.78. The Morgan fingerprint density at radius 3 is 1.72 bits per heavy atom. The summed E-state index contributed by atoms with van der Waals surface area (Å²) in [4.78, 5) is 19.4. The molecule has 0 aliphatic rings. The van der Waals surface area contributed by atoms with Crippen LogP contribution in [0.15, 0.2) is 168 Å². The minimum Gasteiger partial charge on any atom is -0.454 e. The van der Waals surface area contributed by atoms with Gasteiger partial charge in [0.1, 0.15) is 5.58 Å². The fraction of sp³-hybridized carbons (Fsp3) is 0. The van der Waals surface area contributed by atoms with Gasteiger partial charge >= 0.3 is 0 Å². The van der Waals surface area contributed by atoms with Crippen molar-refractivity contribution in [1.29, 1.82) is 0 Å². The standard InChI is InChI=1S/C44H27N5O/c1-4-12-28(13-5-1)42-46-43(29-14-6-2-7-15-29)48-44(47-42)36-26-45-27-40-41(36)35-25-31(21-23-39(35)50-40)30-20-22-38-34(24-30)33-18-10-11-19-37(33)49(38)32-16-8-3-9-17-32/h1-27H. The number of furan rings is 1. The van der Waals surface area contributed by atoms with Crippen LogP contribution in [0.3, 0.4) is 0 Å². The molecule has 6 heteroatoms. The van der Waals surface area contributed by atoms with Crippen LogP contribution in [-0.2, 0) is 0 Å². The number of para-hydroxylation sites is 2. The lowest BCUT2D eigenvalue weighted by Crippen LogP contribution is -2.00. The molecule has 0 bridgehead atoms. The van der Waals surface area contributed by atoms with E-state index in [9.17, 15) is 0 Å². The van der Waals surface area contributed by atoms with Gasteiger partial charge in [-0.2, -0.15) is 0 Å². The first-order chi connectivity index (χ1) is 24.8. The van der Waals surface area contributed by atoms with Gasteiger partial charge in [-0.3, -0.25) is 4.98 Å². The number of fused-ring (bicyclic) bond motifs is 6. The molecule has 6 aromatic carbocycles. The van der Waals surface area contributed by atoms with E-state index in [4.69, 9.17) is 19.4 Å². The summed E-state index contributed by atoms with van der Waals surface area (Å²) >= 11 is 0. The van der Waals surface area contributed by atoms with E-state index in [-0.39, 0.29) is 0 Å². The Morgan fingerprint density at radius 1 is 0.420 bits per heavy atom. The highest BCUT2D eigenvalue weighted by molar-refractivity contribution is 6.13. The highest BCUT2D eigenvalue weighted by Crippen LogP contribution is 2.39. The molecule has 4 heterocycles. The van der Waals surface area contributed by atoms with Gasteiger partial charge in [-0.15, -0.1) is 0 Å².